The number of carbonyl (C=O) groups excluding carboxylic acids is 2. The summed E-state index contributed by atoms with van der Waals surface area (Å²) in [6, 6.07) is 4.27. The molecule has 0 aliphatic carbocycles. The van der Waals surface area contributed by atoms with Gasteiger partial charge in [0.25, 0.3) is 0 Å². The van der Waals surface area contributed by atoms with Gasteiger partial charge in [-0.3, -0.25) is 0 Å². The first-order valence-electron chi connectivity index (χ1n) is 6.22. The summed E-state index contributed by atoms with van der Waals surface area (Å²) in [5.41, 5.74) is 1.39. The maximum Gasteiger partial charge on any atom is 0.407 e. The number of benzene rings is 1. The standard InChI is InChI=1S/C14H20N2O5/c1-16(2)9-6-7-10(11(8-9)19-3)12(13(17)20-4)15-14(18)21-5/h6-8,12H,1-5H3,(H,15,18)/t12-/m1/s1. The van der Waals surface area contributed by atoms with E-state index in [-0.39, 0.29) is 0 Å². The van der Waals surface area contributed by atoms with Gasteiger partial charge in [-0.2, -0.15) is 0 Å². The number of alkyl carbamates (subject to hydrolysis) is 1. The summed E-state index contributed by atoms with van der Waals surface area (Å²) < 4.78 is 14.5. The van der Waals surface area contributed by atoms with Gasteiger partial charge in [-0.15, -0.1) is 0 Å². The van der Waals surface area contributed by atoms with Crippen LogP contribution >= 0.6 is 0 Å². The molecule has 0 bridgehead atoms. The highest BCUT2D eigenvalue weighted by Gasteiger charge is 2.27. The minimum absolute atomic E-state index is 0.466. The lowest BCUT2D eigenvalue weighted by Crippen LogP contribution is -2.34. The fraction of sp³-hybridized carbons (Fsp3) is 0.429. The first-order valence-corrected chi connectivity index (χ1v) is 6.22. The van der Waals surface area contributed by atoms with Crippen molar-refractivity contribution in [2.45, 2.75) is 6.04 Å². The number of anilines is 1. The molecule has 0 fully saturated rings. The summed E-state index contributed by atoms with van der Waals surface area (Å²) in [4.78, 5) is 25.2. The lowest BCUT2D eigenvalue weighted by atomic mass is 10.0. The van der Waals surface area contributed by atoms with Crippen molar-refractivity contribution in [3.8, 4) is 5.75 Å². The van der Waals surface area contributed by atoms with E-state index in [0.717, 1.165) is 5.69 Å². The van der Waals surface area contributed by atoms with E-state index >= 15 is 0 Å². The second-order valence-electron chi connectivity index (χ2n) is 4.41. The smallest absolute Gasteiger partial charge is 0.407 e. The fourth-order valence-electron chi connectivity index (χ4n) is 1.77. The predicted octanol–water partition coefficient (Wildman–Crippen LogP) is 1.33. The van der Waals surface area contributed by atoms with Crippen molar-refractivity contribution in [2.24, 2.45) is 0 Å². The number of esters is 1. The number of rotatable bonds is 5. The van der Waals surface area contributed by atoms with Crippen LogP contribution < -0.4 is 15.0 Å². The lowest BCUT2D eigenvalue weighted by molar-refractivity contribution is -0.143. The maximum atomic E-state index is 11.9. The number of ether oxygens (including phenoxy) is 3. The van der Waals surface area contributed by atoms with E-state index in [9.17, 15) is 9.59 Å². The number of nitrogens with one attached hydrogen (secondary N) is 1. The Labute approximate surface area is 123 Å². The minimum Gasteiger partial charge on any atom is -0.496 e. The molecule has 116 valence electrons. The summed E-state index contributed by atoms with van der Waals surface area (Å²) in [7, 11) is 7.73. The molecule has 1 atom stereocenters. The van der Waals surface area contributed by atoms with E-state index in [0.29, 0.717) is 11.3 Å². The zero-order valence-corrected chi connectivity index (χ0v) is 12.8. The number of methoxy groups -OCH3 is 3. The fourth-order valence-corrected chi connectivity index (χ4v) is 1.77. The number of nitrogens with zero attached hydrogens (tertiary/aromatic N) is 1. The molecule has 1 rings (SSSR count). The molecule has 1 aromatic rings. The van der Waals surface area contributed by atoms with Gasteiger partial charge in [0.15, 0.2) is 6.04 Å². The normalized spacial score (nSPS) is 11.3. The Morgan fingerprint density at radius 3 is 2.29 bits per heavy atom. The van der Waals surface area contributed by atoms with Crippen LogP contribution in [0, 0.1) is 0 Å². The van der Waals surface area contributed by atoms with Crippen LogP contribution in [0.15, 0.2) is 18.2 Å². The maximum absolute atomic E-state index is 11.9. The third kappa shape index (κ3) is 4.01. The first kappa shape index (κ1) is 16.6. The van der Waals surface area contributed by atoms with E-state index in [1.165, 1.54) is 21.3 Å². The van der Waals surface area contributed by atoms with Crippen molar-refractivity contribution in [3.63, 3.8) is 0 Å². The molecule has 0 saturated carbocycles. The molecular weight excluding hydrogens is 276 g/mol. The molecule has 1 amide bonds. The first-order chi connectivity index (χ1) is 9.94. The summed E-state index contributed by atoms with van der Waals surface area (Å²) in [5, 5.41) is 2.43. The van der Waals surface area contributed by atoms with Gasteiger partial charge in [0.1, 0.15) is 5.75 Å². The van der Waals surface area contributed by atoms with Crippen molar-refractivity contribution < 1.29 is 23.8 Å². The Bertz CT molecular complexity index is 516. The number of amides is 1. The monoisotopic (exact) mass is 296 g/mol. The van der Waals surface area contributed by atoms with Gasteiger partial charge >= 0.3 is 12.1 Å². The second kappa shape index (κ2) is 7.37. The average Bonchev–Trinajstić information content (AvgIpc) is 2.50. The molecule has 21 heavy (non-hydrogen) atoms. The quantitative estimate of drug-likeness (QED) is 0.826. The third-order valence-electron chi connectivity index (χ3n) is 2.93. The summed E-state index contributed by atoms with van der Waals surface area (Å²) in [5.74, 6) is -0.149. The molecule has 1 N–H and O–H groups in total. The predicted molar refractivity (Wildman–Crippen MR) is 77.6 cm³/mol. The van der Waals surface area contributed by atoms with Gasteiger partial charge < -0.3 is 24.4 Å². The van der Waals surface area contributed by atoms with E-state index in [1.807, 2.05) is 25.1 Å². The Morgan fingerprint density at radius 1 is 1.14 bits per heavy atom. The van der Waals surface area contributed by atoms with Crippen LogP contribution in [-0.2, 0) is 14.3 Å². The van der Waals surface area contributed by atoms with Gasteiger partial charge in [-0.25, -0.2) is 9.59 Å². The van der Waals surface area contributed by atoms with Gasteiger partial charge in [0, 0.05) is 31.4 Å². The van der Waals surface area contributed by atoms with E-state index in [1.54, 1.807) is 12.1 Å². The molecule has 1 aromatic carbocycles. The van der Waals surface area contributed by atoms with Crippen LogP contribution in [0.3, 0.4) is 0 Å². The zero-order chi connectivity index (χ0) is 16.0. The third-order valence-corrected chi connectivity index (χ3v) is 2.93. The van der Waals surface area contributed by atoms with Gasteiger partial charge in [0.05, 0.1) is 21.3 Å². The number of carbonyl (C=O) groups is 2. The van der Waals surface area contributed by atoms with Gasteiger partial charge in [-0.05, 0) is 6.07 Å². The van der Waals surface area contributed by atoms with Crippen molar-refractivity contribution in [2.75, 3.05) is 40.3 Å². The molecule has 0 heterocycles. The molecule has 0 aliphatic rings. The largest absolute Gasteiger partial charge is 0.496 e. The molecule has 7 heteroatoms. The van der Waals surface area contributed by atoms with Crippen LogP contribution in [-0.4, -0.2) is 47.5 Å². The van der Waals surface area contributed by atoms with Crippen LogP contribution in [0.1, 0.15) is 11.6 Å². The Morgan fingerprint density at radius 2 is 1.81 bits per heavy atom. The summed E-state index contributed by atoms with van der Waals surface area (Å²) in [6.45, 7) is 0. The topological polar surface area (TPSA) is 77.1 Å². The van der Waals surface area contributed by atoms with Crippen molar-refractivity contribution in [1.82, 2.24) is 5.32 Å². The Balaban J connectivity index is 3.23. The average molecular weight is 296 g/mol. The number of hydrogen-bond acceptors (Lipinski definition) is 6. The molecule has 0 aliphatic heterocycles. The second-order valence-corrected chi connectivity index (χ2v) is 4.41. The van der Waals surface area contributed by atoms with Crippen LogP contribution in [0.2, 0.25) is 0 Å². The van der Waals surface area contributed by atoms with Crippen molar-refractivity contribution >= 4 is 17.7 Å². The van der Waals surface area contributed by atoms with Crippen LogP contribution in [0.25, 0.3) is 0 Å². The molecule has 0 saturated heterocycles. The lowest BCUT2D eigenvalue weighted by Gasteiger charge is -2.21. The highest BCUT2D eigenvalue weighted by molar-refractivity contribution is 5.83. The van der Waals surface area contributed by atoms with Gasteiger partial charge in [0.2, 0.25) is 0 Å². The van der Waals surface area contributed by atoms with Crippen molar-refractivity contribution in [3.05, 3.63) is 23.8 Å². The van der Waals surface area contributed by atoms with Crippen molar-refractivity contribution in [1.29, 1.82) is 0 Å². The molecule has 0 radical (unpaired) electrons. The molecular formula is C14H20N2O5. The Kier molecular flexibility index (Phi) is 5.83. The van der Waals surface area contributed by atoms with Gasteiger partial charge in [-0.1, -0.05) is 6.07 Å². The van der Waals surface area contributed by atoms with Crippen LogP contribution in [0.4, 0.5) is 10.5 Å². The highest BCUT2D eigenvalue weighted by Crippen LogP contribution is 2.30. The molecule has 0 spiro atoms. The van der Waals surface area contributed by atoms with E-state index in [4.69, 9.17) is 9.47 Å². The SMILES string of the molecule is COC(=O)N[C@@H](C(=O)OC)c1ccc(N(C)C)cc1OC. The summed E-state index contributed by atoms with van der Waals surface area (Å²) >= 11 is 0. The van der Waals surface area contributed by atoms with E-state index < -0.39 is 18.1 Å². The number of hydrogen-bond donors (Lipinski definition) is 1. The molecule has 0 aromatic heterocycles. The van der Waals surface area contributed by atoms with Crippen LogP contribution in [0.5, 0.6) is 5.75 Å². The molecule has 0 unspecified atom stereocenters. The highest BCUT2D eigenvalue weighted by atomic mass is 16.5. The Hall–Kier alpha value is -2.44. The zero-order valence-electron chi connectivity index (χ0n) is 12.8. The summed E-state index contributed by atoms with van der Waals surface area (Å²) in [6.07, 6.45) is -0.732. The van der Waals surface area contributed by atoms with E-state index in [2.05, 4.69) is 10.1 Å². The molecule has 7 nitrogen and oxygen atoms in total. The minimum atomic E-state index is -1.01.